The van der Waals surface area contributed by atoms with Crippen molar-refractivity contribution in [1.82, 2.24) is 20.9 Å². The number of hydrogen-bond acceptors (Lipinski definition) is 5. The predicted octanol–water partition coefficient (Wildman–Crippen LogP) is 5.21. The number of nitrogens with zero attached hydrogens (tertiary/aromatic N) is 1. The summed E-state index contributed by atoms with van der Waals surface area (Å²) in [5.41, 5.74) is 1.52. The summed E-state index contributed by atoms with van der Waals surface area (Å²) in [5.74, 6) is -1.31. The highest BCUT2D eigenvalue weighted by Gasteiger charge is 2.42. The van der Waals surface area contributed by atoms with Gasteiger partial charge >= 0.3 is 6.03 Å². The second-order valence-corrected chi connectivity index (χ2v) is 12.3. The maximum absolute atomic E-state index is 13.9. The summed E-state index contributed by atoms with van der Waals surface area (Å²) in [5, 5.41) is 20.8. The predicted molar refractivity (Wildman–Crippen MR) is 174 cm³/mol. The van der Waals surface area contributed by atoms with E-state index in [9.17, 15) is 19.5 Å². The van der Waals surface area contributed by atoms with Crippen LogP contribution in [-0.2, 0) is 29.1 Å². The maximum Gasteiger partial charge on any atom is 0.315 e. The monoisotopic (exact) mass is 644 g/mol. The van der Waals surface area contributed by atoms with Gasteiger partial charge in [0.1, 0.15) is 6.04 Å². The Balaban J connectivity index is 1.80. The lowest BCUT2D eigenvalue weighted by atomic mass is 9.84. The van der Waals surface area contributed by atoms with Crippen LogP contribution in [0.5, 0.6) is 0 Å². The van der Waals surface area contributed by atoms with Crippen LogP contribution < -0.4 is 16.0 Å². The zero-order valence-electron chi connectivity index (χ0n) is 24.4. The number of hydrogen-bond donors (Lipinski definition) is 5. The Morgan fingerprint density at radius 1 is 0.837 bits per heavy atom. The fraction of sp³-hybridized carbons (Fsp3) is 0.344. The van der Waals surface area contributed by atoms with Crippen molar-refractivity contribution in [3.63, 3.8) is 0 Å². The van der Waals surface area contributed by atoms with E-state index >= 15 is 0 Å². The summed E-state index contributed by atoms with van der Waals surface area (Å²) < 4.78 is 0. The van der Waals surface area contributed by atoms with Crippen LogP contribution in [0.15, 0.2) is 78.9 Å². The molecule has 0 aliphatic carbocycles. The summed E-state index contributed by atoms with van der Waals surface area (Å²) in [4.78, 5) is 41.6. The van der Waals surface area contributed by atoms with Crippen LogP contribution in [0, 0.1) is 5.41 Å². The second kappa shape index (κ2) is 16.0. The van der Waals surface area contributed by atoms with Crippen molar-refractivity contribution < 1.29 is 19.5 Å². The molecule has 11 heteroatoms. The van der Waals surface area contributed by atoms with Crippen LogP contribution in [0.1, 0.15) is 37.5 Å². The van der Waals surface area contributed by atoms with Gasteiger partial charge < -0.3 is 26.0 Å². The molecule has 0 aliphatic rings. The third-order valence-corrected chi connectivity index (χ3v) is 7.92. The van der Waals surface area contributed by atoms with Crippen LogP contribution in [0.2, 0.25) is 10.0 Å². The van der Waals surface area contributed by atoms with E-state index in [-0.39, 0.29) is 25.4 Å². The molecule has 0 radical (unpaired) electrons. The molecular formula is C32H38Cl2N4O4S. The van der Waals surface area contributed by atoms with Crippen molar-refractivity contribution in [2.24, 2.45) is 5.41 Å². The van der Waals surface area contributed by atoms with E-state index in [1.54, 1.807) is 36.4 Å². The molecular weight excluding hydrogens is 607 g/mol. The third-order valence-electron chi connectivity index (χ3n) is 6.87. The highest BCUT2D eigenvalue weighted by atomic mass is 35.5. The fourth-order valence-electron chi connectivity index (χ4n) is 4.69. The summed E-state index contributed by atoms with van der Waals surface area (Å²) >= 11 is 16.8. The lowest BCUT2D eigenvalue weighted by molar-refractivity contribution is -0.150. The lowest BCUT2D eigenvalue weighted by Crippen LogP contribution is -2.60. The molecule has 3 aromatic carbocycles. The Hall–Kier alpha value is -3.24. The van der Waals surface area contributed by atoms with Crippen molar-refractivity contribution in [2.45, 2.75) is 58.5 Å². The molecule has 0 heterocycles. The molecule has 0 saturated heterocycles. The number of thiol groups is 1. The molecule has 4 N–H and O–H groups in total. The minimum Gasteiger partial charge on any atom is -0.381 e. The van der Waals surface area contributed by atoms with E-state index in [4.69, 9.17) is 23.2 Å². The number of halogens is 2. The number of aliphatic hydroxyl groups excluding tert-OH is 1. The summed E-state index contributed by atoms with van der Waals surface area (Å²) in [6.07, 6.45) is -1.52. The number of urea groups is 1. The molecule has 3 atom stereocenters. The van der Waals surface area contributed by atoms with Crippen molar-refractivity contribution in [2.75, 3.05) is 5.88 Å². The molecule has 230 valence electrons. The average Bonchev–Trinajstić information content (AvgIpc) is 2.97. The molecule has 8 nitrogen and oxygen atoms in total. The zero-order chi connectivity index (χ0) is 31.6. The van der Waals surface area contributed by atoms with Gasteiger partial charge in [0.25, 0.3) is 5.91 Å². The van der Waals surface area contributed by atoms with Crippen LogP contribution in [-0.4, -0.2) is 51.9 Å². The quantitative estimate of drug-likeness (QED) is 0.138. The average molecular weight is 646 g/mol. The summed E-state index contributed by atoms with van der Waals surface area (Å²) in [7, 11) is 0. The van der Waals surface area contributed by atoms with Crippen molar-refractivity contribution in [1.29, 1.82) is 0 Å². The molecule has 0 aliphatic heterocycles. The molecule has 0 spiro atoms. The number of nitrogens with one attached hydrogen (secondary N) is 3. The third kappa shape index (κ3) is 9.89. The molecule has 0 fully saturated rings. The Kier molecular flexibility index (Phi) is 12.7. The fourth-order valence-corrected chi connectivity index (χ4v) is 5.40. The molecule has 0 saturated carbocycles. The van der Waals surface area contributed by atoms with Gasteiger partial charge in [0.15, 0.2) is 6.10 Å². The van der Waals surface area contributed by atoms with Gasteiger partial charge in [-0.2, -0.15) is 12.6 Å². The zero-order valence-corrected chi connectivity index (χ0v) is 26.8. The Morgan fingerprint density at radius 3 is 1.86 bits per heavy atom. The number of carbonyl (C=O) groups excluding carboxylic acids is 3. The van der Waals surface area contributed by atoms with Gasteiger partial charge in [-0.15, -0.1) is 0 Å². The molecule has 4 amide bonds. The van der Waals surface area contributed by atoms with Gasteiger partial charge in [0.2, 0.25) is 5.91 Å². The van der Waals surface area contributed by atoms with Crippen LogP contribution in [0.4, 0.5) is 4.79 Å². The highest BCUT2D eigenvalue weighted by molar-refractivity contribution is 7.80. The molecule has 0 aromatic heterocycles. The second-order valence-electron chi connectivity index (χ2n) is 11.2. The van der Waals surface area contributed by atoms with Gasteiger partial charge in [-0.3, -0.25) is 9.59 Å². The van der Waals surface area contributed by atoms with E-state index in [1.165, 1.54) is 4.90 Å². The first-order valence-electron chi connectivity index (χ1n) is 13.8. The van der Waals surface area contributed by atoms with E-state index < -0.39 is 41.4 Å². The summed E-state index contributed by atoms with van der Waals surface area (Å²) in [6, 6.07) is 20.9. The Bertz CT molecular complexity index is 1390. The number of rotatable bonds is 12. The normalized spacial score (nSPS) is 13.4. The molecule has 0 bridgehead atoms. The first-order valence-corrected chi connectivity index (χ1v) is 15.2. The summed E-state index contributed by atoms with van der Waals surface area (Å²) in [6.45, 7) is 5.78. The van der Waals surface area contributed by atoms with Gasteiger partial charge in [0, 0.05) is 23.1 Å². The minimum atomic E-state index is -1.68. The van der Waals surface area contributed by atoms with Crippen LogP contribution >= 0.6 is 35.8 Å². The Morgan fingerprint density at radius 2 is 1.35 bits per heavy atom. The van der Waals surface area contributed by atoms with Crippen molar-refractivity contribution in [3.05, 3.63) is 106 Å². The SMILES string of the molecule is CC(C)(C)[C@H](C(=O)NCc1ccccc1Cl)N(CS)C(=O)[C@@H](O)[C@H](Cc1ccccc1)NC(=O)NCc1ccccc1Cl. The highest BCUT2D eigenvalue weighted by Crippen LogP contribution is 2.27. The van der Waals surface area contributed by atoms with Crippen LogP contribution in [0.25, 0.3) is 0 Å². The molecule has 3 rings (SSSR count). The molecule has 0 unspecified atom stereocenters. The van der Waals surface area contributed by atoms with E-state index in [0.29, 0.717) is 15.6 Å². The standard InChI is InChI=1S/C32H38Cl2N4O4S/c1-32(2,3)28(29(40)35-18-22-13-7-9-15-24(22)33)38(20-43)30(41)27(39)26(17-21-11-5-4-6-12-21)37-31(42)36-19-23-14-8-10-16-25(23)34/h4-16,26-28,39,43H,17-20H2,1-3H3,(H,35,40)(H2,36,37,42)/t26-,27-,28-/m0/s1. The van der Waals surface area contributed by atoms with Gasteiger partial charge in [-0.1, -0.05) is 111 Å². The van der Waals surface area contributed by atoms with Crippen LogP contribution in [0.3, 0.4) is 0 Å². The van der Waals surface area contributed by atoms with E-state index in [0.717, 1.165) is 11.1 Å². The Labute approximate surface area is 268 Å². The first kappa shape index (κ1) is 34.3. The topological polar surface area (TPSA) is 111 Å². The number of carbonyl (C=O) groups is 3. The minimum absolute atomic E-state index is 0.145. The number of aliphatic hydroxyl groups is 1. The molecule has 43 heavy (non-hydrogen) atoms. The van der Waals surface area contributed by atoms with Gasteiger partial charge in [-0.25, -0.2) is 4.79 Å². The largest absolute Gasteiger partial charge is 0.381 e. The smallest absolute Gasteiger partial charge is 0.315 e. The first-order chi connectivity index (χ1) is 20.4. The van der Waals surface area contributed by atoms with E-state index in [2.05, 4.69) is 28.6 Å². The van der Waals surface area contributed by atoms with Gasteiger partial charge in [-0.05, 0) is 40.7 Å². The van der Waals surface area contributed by atoms with Crippen molar-refractivity contribution in [3.8, 4) is 0 Å². The molecule has 3 aromatic rings. The van der Waals surface area contributed by atoms with Crippen molar-refractivity contribution >= 4 is 53.7 Å². The number of benzene rings is 3. The number of amides is 4. The maximum atomic E-state index is 13.9. The van der Waals surface area contributed by atoms with E-state index in [1.807, 2.05) is 63.2 Å². The van der Waals surface area contributed by atoms with Gasteiger partial charge in [0.05, 0.1) is 11.9 Å². The lowest BCUT2D eigenvalue weighted by Gasteiger charge is -2.40.